The molecule has 7 aromatic rings. The monoisotopic (exact) mass is 821 g/mol. The van der Waals surface area contributed by atoms with Gasteiger partial charge in [-0.2, -0.15) is 0 Å². The Morgan fingerprint density at radius 2 is 1.59 bits per heavy atom. The summed E-state index contributed by atoms with van der Waals surface area (Å²) in [6, 6.07) is 35.7. The molecule has 0 aliphatic heterocycles. The second kappa shape index (κ2) is 13.3. The molecule has 44 heavy (non-hydrogen) atoms. The van der Waals surface area contributed by atoms with Crippen LogP contribution in [-0.2, 0) is 20.1 Å². The Labute approximate surface area is 277 Å². The van der Waals surface area contributed by atoms with Gasteiger partial charge in [-0.1, -0.05) is 41.3 Å². The van der Waals surface area contributed by atoms with Crippen LogP contribution in [0.25, 0.3) is 55.7 Å². The number of hydrogen-bond donors (Lipinski definition) is 0. The molecule has 0 atom stereocenters. The van der Waals surface area contributed by atoms with Crippen LogP contribution in [0.4, 0.5) is 4.39 Å². The van der Waals surface area contributed by atoms with Crippen LogP contribution >= 0.6 is 0 Å². The van der Waals surface area contributed by atoms with Gasteiger partial charge >= 0.3 is 99.8 Å². The van der Waals surface area contributed by atoms with Crippen molar-refractivity contribution in [2.24, 2.45) is 0 Å². The largest absolute Gasteiger partial charge is 0 e. The minimum Gasteiger partial charge on any atom is 0 e. The fraction of sp³-hybridized carbons (Fsp3) is 0.108. The average Bonchev–Trinajstić information content (AvgIpc) is 3.43. The number of pyridine rings is 3. The second-order valence-electron chi connectivity index (χ2n) is 11.1. The molecule has 3 aromatic carbocycles. The molecule has 0 aliphatic carbocycles. The number of halogens is 1. The van der Waals surface area contributed by atoms with E-state index in [1.165, 1.54) is 22.7 Å². The van der Waals surface area contributed by atoms with Gasteiger partial charge in [-0.25, -0.2) is 9.37 Å². The van der Waals surface area contributed by atoms with Crippen molar-refractivity contribution in [3.8, 4) is 33.6 Å². The summed E-state index contributed by atoms with van der Waals surface area (Å²) in [4.78, 5) is 13.1. The molecular weight excluding hydrogens is 786 g/mol. The zero-order chi connectivity index (χ0) is 32.5. The van der Waals surface area contributed by atoms with E-state index >= 15 is 0 Å². The Kier molecular flexibility index (Phi) is 8.37. The van der Waals surface area contributed by atoms with E-state index in [1.807, 2.05) is 60.8 Å². The Morgan fingerprint density at radius 3 is 2.27 bits per heavy atom. The molecule has 4 aromatic heterocycles. The normalized spacial score (nSPS) is 12.4. The molecule has 221 valence electrons. The van der Waals surface area contributed by atoms with Crippen molar-refractivity contribution in [2.75, 3.05) is 0 Å². The molecule has 0 amide bonds. The molecule has 7 rings (SSSR count). The number of furan rings is 1. The topological polar surface area (TPSA) is 51.8 Å². The standard InChI is InChI=1S/C23H14FN2O.C14H16GeN.Ir/c1-14-10-11-17-16-8-5-9-18(22(16)27-23(17)26-14)21-12-20(24)19(13-25-21)15-6-3-2-4-7-15;1-15(2,3)13-9-10-14(16-11-13)12-7-5-4-6-8-12;/h2-8,10-13H,1H3;4-7,9-11H,1-3H3;/q2*-1;/i1D3;;. The van der Waals surface area contributed by atoms with Crippen LogP contribution in [0.1, 0.15) is 9.81 Å². The van der Waals surface area contributed by atoms with E-state index in [0.717, 1.165) is 22.2 Å². The first kappa shape index (κ1) is 27.6. The quantitative estimate of drug-likeness (QED) is 0.132. The van der Waals surface area contributed by atoms with Gasteiger partial charge in [-0.3, -0.25) is 0 Å². The molecule has 0 aliphatic rings. The van der Waals surface area contributed by atoms with Crippen molar-refractivity contribution >= 4 is 39.7 Å². The summed E-state index contributed by atoms with van der Waals surface area (Å²) in [5.41, 5.74) is 4.67. The van der Waals surface area contributed by atoms with Crippen LogP contribution in [0.2, 0.25) is 17.3 Å². The number of hydrogen-bond acceptors (Lipinski definition) is 4. The second-order valence-corrected chi connectivity index (χ2v) is 21.8. The van der Waals surface area contributed by atoms with Gasteiger partial charge < -0.3 is 9.40 Å². The van der Waals surface area contributed by atoms with Crippen molar-refractivity contribution in [3.63, 3.8) is 0 Å². The molecular formula is C37H30FGeIrN3O-2. The summed E-state index contributed by atoms with van der Waals surface area (Å²) in [6.45, 7) is -2.33. The van der Waals surface area contributed by atoms with Crippen molar-refractivity contribution in [1.29, 1.82) is 0 Å². The third-order valence-corrected chi connectivity index (χ3v) is 11.4. The minimum atomic E-state index is -2.33. The smallest absolute Gasteiger partial charge is 0 e. The van der Waals surface area contributed by atoms with Crippen molar-refractivity contribution in [2.45, 2.75) is 24.1 Å². The van der Waals surface area contributed by atoms with E-state index in [2.05, 4.69) is 56.5 Å². The Bertz CT molecular complexity index is 2130. The number of benzene rings is 3. The van der Waals surface area contributed by atoms with Gasteiger partial charge in [0.05, 0.1) is 5.58 Å². The Hall–Kier alpha value is -3.97. The number of aromatic nitrogens is 3. The average molecular weight is 820 g/mol. The van der Waals surface area contributed by atoms with Crippen LogP contribution < -0.4 is 4.40 Å². The van der Waals surface area contributed by atoms with E-state index in [0.29, 0.717) is 27.8 Å². The van der Waals surface area contributed by atoms with Gasteiger partial charge in [-0.15, -0.1) is 18.2 Å². The van der Waals surface area contributed by atoms with Crippen LogP contribution in [0.15, 0.2) is 114 Å². The summed E-state index contributed by atoms with van der Waals surface area (Å²) >= 11 is -1.72. The van der Waals surface area contributed by atoms with Gasteiger partial charge in [0.15, 0.2) is 0 Å². The van der Waals surface area contributed by atoms with Crippen molar-refractivity contribution < 1.29 is 33.0 Å². The van der Waals surface area contributed by atoms with E-state index < -0.39 is 25.9 Å². The number of nitrogens with zero attached hydrogens (tertiary/aromatic N) is 3. The summed E-state index contributed by atoms with van der Waals surface area (Å²) < 4.78 is 44.8. The molecule has 0 saturated heterocycles. The number of fused-ring (bicyclic) bond motifs is 3. The van der Waals surface area contributed by atoms with Gasteiger partial charge in [0.2, 0.25) is 5.71 Å². The molecule has 0 fully saturated rings. The first-order valence-corrected chi connectivity index (χ1v) is 21.2. The van der Waals surface area contributed by atoms with Crippen LogP contribution in [0.5, 0.6) is 0 Å². The van der Waals surface area contributed by atoms with Gasteiger partial charge in [0, 0.05) is 47.1 Å². The maximum absolute atomic E-state index is 14.9. The van der Waals surface area contributed by atoms with E-state index in [1.54, 1.807) is 18.2 Å². The molecule has 4 nitrogen and oxygen atoms in total. The van der Waals surface area contributed by atoms with E-state index in [9.17, 15) is 4.39 Å². The summed E-state index contributed by atoms with van der Waals surface area (Å²) in [7, 11) is 0. The number of rotatable bonds is 4. The van der Waals surface area contributed by atoms with Crippen LogP contribution in [-0.4, -0.2) is 28.2 Å². The molecule has 7 heteroatoms. The molecule has 1 radical (unpaired) electrons. The third kappa shape index (κ3) is 6.73. The maximum Gasteiger partial charge on any atom is 0 e. The van der Waals surface area contributed by atoms with Gasteiger partial charge in [0.25, 0.3) is 0 Å². The maximum atomic E-state index is 14.9. The Morgan fingerprint density at radius 1 is 0.795 bits per heavy atom. The van der Waals surface area contributed by atoms with Crippen LogP contribution in [0.3, 0.4) is 0 Å². The van der Waals surface area contributed by atoms with Crippen molar-refractivity contribution in [1.82, 2.24) is 15.0 Å². The van der Waals surface area contributed by atoms with Gasteiger partial charge in [-0.05, 0) is 36.3 Å². The summed E-state index contributed by atoms with van der Waals surface area (Å²) in [5.74, 6) is 6.73. The molecule has 0 bridgehead atoms. The van der Waals surface area contributed by atoms with Crippen LogP contribution in [0, 0.1) is 24.8 Å². The first-order chi connectivity index (χ1) is 22.0. The van der Waals surface area contributed by atoms with Crippen molar-refractivity contribution in [3.05, 3.63) is 133 Å². The van der Waals surface area contributed by atoms with E-state index in [-0.39, 0.29) is 31.5 Å². The molecule has 4 heterocycles. The summed E-state index contributed by atoms with van der Waals surface area (Å²) in [6.07, 6.45) is 3.52. The molecule has 0 N–H and O–H groups in total. The predicted molar refractivity (Wildman–Crippen MR) is 175 cm³/mol. The molecule has 0 spiro atoms. The fourth-order valence-electron chi connectivity index (χ4n) is 4.76. The fourth-order valence-corrected chi connectivity index (χ4v) is 6.93. The summed E-state index contributed by atoms with van der Waals surface area (Å²) in [5, 5.41) is 1.41. The SMILES string of the molecule is [2H]C([2H])([2H])c1ccc2c(n1)oc1c(-c3cc(F)c(-c4ccccc4)cn3)[c-]ccc12.[CH3][Ge]([CH3])([CH3])[c]1ccc(-c2[c-]cccc2)nc1.[Ir]. The first-order valence-electron chi connectivity index (χ1n) is 15.4. The van der Waals surface area contributed by atoms with Gasteiger partial charge in [0.1, 0.15) is 5.82 Å². The zero-order valence-corrected chi connectivity index (χ0v) is 28.8. The Balaban J connectivity index is 0.000000217. The number of aryl methyl sites for hydroxylation is 1. The zero-order valence-electron chi connectivity index (χ0n) is 27.4. The molecule has 0 unspecified atom stereocenters. The minimum absolute atomic E-state index is 0. The molecule has 0 saturated carbocycles. The van der Waals surface area contributed by atoms with E-state index in [4.69, 9.17) is 8.53 Å². The predicted octanol–water partition coefficient (Wildman–Crippen LogP) is 9.05. The third-order valence-electron chi connectivity index (χ3n) is 7.11.